The smallest absolute Gasteiger partial charge is 0.163 e. The second kappa shape index (κ2) is 4.31. The molecule has 17 heavy (non-hydrogen) atoms. The molecule has 0 aliphatic carbocycles. The Balaban J connectivity index is 2.34. The molecule has 4 unspecified atom stereocenters. The first-order chi connectivity index (χ1) is 8.04. The molecule has 1 N–H and O–H groups in total. The van der Waals surface area contributed by atoms with Crippen molar-refractivity contribution in [2.75, 3.05) is 40.5 Å². The molecule has 2 bridgehead atoms. The molecule has 3 rings (SSSR count). The Morgan fingerprint density at radius 1 is 1.53 bits per heavy atom. The van der Waals surface area contributed by atoms with E-state index in [0.29, 0.717) is 6.54 Å². The molecule has 3 aliphatic heterocycles. The van der Waals surface area contributed by atoms with Gasteiger partial charge in [-0.2, -0.15) is 0 Å². The number of aliphatic hydroxyl groups is 1. The van der Waals surface area contributed by atoms with Crippen molar-refractivity contribution in [3.8, 4) is 0 Å². The van der Waals surface area contributed by atoms with Crippen LogP contribution >= 0.6 is 0 Å². The average molecular weight is 243 g/mol. The van der Waals surface area contributed by atoms with E-state index in [1.807, 2.05) is 11.8 Å². The summed E-state index contributed by atoms with van der Waals surface area (Å²) in [5.74, 6) is -0.0801. The van der Waals surface area contributed by atoms with Crippen molar-refractivity contribution in [1.82, 2.24) is 4.90 Å². The predicted octanol–water partition coefficient (Wildman–Crippen LogP) is -0.326. The van der Waals surface area contributed by atoms with Crippen LogP contribution in [0.25, 0.3) is 0 Å². The molecule has 3 aliphatic rings. The molecule has 0 amide bonds. The Labute approximate surface area is 102 Å². The van der Waals surface area contributed by atoms with Crippen LogP contribution in [0.15, 0.2) is 0 Å². The lowest BCUT2D eigenvalue weighted by atomic mass is 9.67. The number of hydrogen-bond donors (Lipinski definition) is 1. The average Bonchev–Trinajstić information content (AvgIpc) is 2.34. The van der Waals surface area contributed by atoms with E-state index in [-0.39, 0.29) is 24.9 Å². The molecule has 0 radical (unpaired) electrons. The van der Waals surface area contributed by atoms with E-state index in [1.54, 1.807) is 14.2 Å². The first-order valence-corrected chi connectivity index (χ1v) is 5.98. The van der Waals surface area contributed by atoms with E-state index in [1.165, 1.54) is 0 Å². The van der Waals surface area contributed by atoms with Gasteiger partial charge >= 0.3 is 0 Å². The standard InChI is InChI=1S/C12H21NO4/c1-11(17-3)6-13-5-4-9(11)10(15)12(13,7-14)8-16-2/h9,14H,4-8H2,1-3H3. The minimum absolute atomic E-state index is 0.0590. The van der Waals surface area contributed by atoms with Crippen molar-refractivity contribution < 1.29 is 19.4 Å². The van der Waals surface area contributed by atoms with Gasteiger partial charge in [-0.25, -0.2) is 0 Å². The number of rotatable bonds is 4. The van der Waals surface area contributed by atoms with Crippen LogP contribution in [0.4, 0.5) is 0 Å². The first-order valence-electron chi connectivity index (χ1n) is 5.98. The summed E-state index contributed by atoms with van der Waals surface area (Å²) in [5, 5.41) is 9.62. The lowest BCUT2D eigenvalue weighted by molar-refractivity contribution is -0.194. The predicted molar refractivity (Wildman–Crippen MR) is 61.8 cm³/mol. The Morgan fingerprint density at radius 3 is 2.71 bits per heavy atom. The summed E-state index contributed by atoms with van der Waals surface area (Å²) < 4.78 is 10.7. The summed E-state index contributed by atoms with van der Waals surface area (Å²) in [6.45, 7) is 3.52. The summed E-state index contributed by atoms with van der Waals surface area (Å²) in [4.78, 5) is 14.6. The quantitative estimate of drug-likeness (QED) is 0.733. The Kier molecular flexibility index (Phi) is 3.29. The zero-order chi connectivity index (χ0) is 12.7. The van der Waals surface area contributed by atoms with Crippen LogP contribution in [0.2, 0.25) is 0 Å². The van der Waals surface area contributed by atoms with Crippen LogP contribution in [0, 0.1) is 5.92 Å². The molecule has 4 atom stereocenters. The Hall–Kier alpha value is -0.490. The first kappa shape index (κ1) is 13.0. The maximum atomic E-state index is 12.5. The van der Waals surface area contributed by atoms with Crippen LogP contribution in [-0.4, -0.2) is 67.5 Å². The van der Waals surface area contributed by atoms with E-state index < -0.39 is 11.1 Å². The fourth-order valence-corrected chi connectivity index (χ4v) is 3.24. The van der Waals surface area contributed by atoms with Gasteiger partial charge in [0.25, 0.3) is 0 Å². The molecule has 98 valence electrons. The van der Waals surface area contributed by atoms with E-state index in [2.05, 4.69) is 0 Å². The van der Waals surface area contributed by atoms with Crippen LogP contribution in [-0.2, 0) is 14.3 Å². The van der Waals surface area contributed by atoms with Gasteiger partial charge in [-0.1, -0.05) is 0 Å². The number of Topliss-reactive ketones (excluding diaryl/α,β-unsaturated/α-hetero) is 1. The zero-order valence-electron chi connectivity index (χ0n) is 10.7. The highest BCUT2D eigenvalue weighted by Crippen LogP contribution is 2.43. The topological polar surface area (TPSA) is 59.0 Å². The fraction of sp³-hybridized carbons (Fsp3) is 0.917. The summed E-state index contributed by atoms with van der Waals surface area (Å²) in [5.41, 5.74) is -1.28. The normalized spacial score (nSPS) is 45.3. The highest BCUT2D eigenvalue weighted by molar-refractivity contribution is 5.93. The second-order valence-electron chi connectivity index (χ2n) is 5.27. The van der Waals surface area contributed by atoms with E-state index in [0.717, 1.165) is 13.0 Å². The van der Waals surface area contributed by atoms with Crippen molar-refractivity contribution in [2.24, 2.45) is 5.92 Å². The number of methoxy groups -OCH3 is 2. The van der Waals surface area contributed by atoms with Gasteiger partial charge in [0, 0.05) is 27.3 Å². The van der Waals surface area contributed by atoms with Gasteiger partial charge in [-0.15, -0.1) is 0 Å². The lowest BCUT2D eigenvalue weighted by Crippen LogP contribution is -2.76. The molecule has 3 heterocycles. The third kappa shape index (κ3) is 1.64. The van der Waals surface area contributed by atoms with Gasteiger partial charge < -0.3 is 14.6 Å². The molecule has 0 spiro atoms. The summed E-state index contributed by atoms with van der Waals surface area (Å²) in [6.07, 6.45) is 0.800. The number of ketones is 1. The van der Waals surface area contributed by atoms with Gasteiger partial charge in [0.2, 0.25) is 0 Å². The number of nitrogens with zero attached hydrogens (tertiary/aromatic N) is 1. The molecule has 5 nitrogen and oxygen atoms in total. The molecular formula is C12H21NO4. The zero-order valence-corrected chi connectivity index (χ0v) is 10.7. The Bertz CT molecular complexity index is 322. The molecule has 3 fully saturated rings. The highest BCUT2D eigenvalue weighted by Gasteiger charge is 2.60. The summed E-state index contributed by atoms with van der Waals surface area (Å²) in [6, 6.07) is 0. The lowest BCUT2D eigenvalue weighted by Gasteiger charge is -2.58. The molecule has 0 aromatic rings. The fourth-order valence-electron chi connectivity index (χ4n) is 3.24. The summed E-state index contributed by atoms with van der Waals surface area (Å²) >= 11 is 0. The van der Waals surface area contributed by atoms with Crippen LogP contribution < -0.4 is 0 Å². The number of fused-ring (bicyclic) bond motifs is 3. The number of carbonyl (C=O) groups excluding carboxylic acids is 1. The van der Waals surface area contributed by atoms with E-state index in [4.69, 9.17) is 9.47 Å². The minimum atomic E-state index is -0.851. The highest BCUT2D eigenvalue weighted by atomic mass is 16.5. The number of carbonyl (C=O) groups is 1. The van der Waals surface area contributed by atoms with Crippen molar-refractivity contribution >= 4 is 5.78 Å². The summed E-state index contributed by atoms with van der Waals surface area (Å²) in [7, 11) is 3.20. The molecule has 0 saturated carbocycles. The van der Waals surface area contributed by atoms with E-state index in [9.17, 15) is 9.90 Å². The largest absolute Gasteiger partial charge is 0.394 e. The van der Waals surface area contributed by atoms with Gasteiger partial charge in [0.1, 0.15) is 5.54 Å². The number of aliphatic hydroxyl groups excluding tert-OH is 1. The molecule has 0 aromatic heterocycles. The maximum Gasteiger partial charge on any atom is 0.163 e. The molecule has 5 heteroatoms. The van der Waals surface area contributed by atoms with E-state index >= 15 is 0 Å². The number of piperidine rings is 3. The van der Waals surface area contributed by atoms with Gasteiger partial charge in [0.15, 0.2) is 5.78 Å². The molecule has 0 aromatic carbocycles. The minimum Gasteiger partial charge on any atom is -0.394 e. The molecular weight excluding hydrogens is 222 g/mol. The van der Waals surface area contributed by atoms with Crippen LogP contribution in [0.5, 0.6) is 0 Å². The Morgan fingerprint density at radius 2 is 2.24 bits per heavy atom. The second-order valence-corrected chi connectivity index (χ2v) is 5.27. The third-order valence-electron chi connectivity index (χ3n) is 4.42. The van der Waals surface area contributed by atoms with Crippen molar-refractivity contribution in [3.63, 3.8) is 0 Å². The monoisotopic (exact) mass is 243 g/mol. The van der Waals surface area contributed by atoms with Crippen LogP contribution in [0.3, 0.4) is 0 Å². The van der Waals surface area contributed by atoms with Crippen LogP contribution in [0.1, 0.15) is 13.3 Å². The molecule has 3 saturated heterocycles. The van der Waals surface area contributed by atoms with Crippen molar-refractivity contribution in [1.29, 1.82) is 0 Å². The number of hydrogen-bond acceptors (Lipinski definition) is 5. The van der Waals surface area contributed by atoms with Crippen molar-refractivity contribution in [2.45, 2.75) is 24.5 Å². The van der Waals surface area contributed by atoms with Gasteiger partial charge in [-0.3, -0.25) is 9.69 Å². The van der Waals surface area contributed by atoms with Crippen molar-refractivity contribution in [3.05, 3.63) is 0 Å². The van der Waals surface area contributed by atoms with Gasteiger partial charge in [-0.05, 0) is 13.3 Å². The SMILES string of the molecule is COCC1(CO)C(=O)C2CCN1CC2(C)OC. The maximum absolute atomic E-state index is 12.5. The third-order valence-corrected chi connectivity index (χ3v) is 4.42. The number of ether oxygens (including phenoxy) is 2. The van der Waals surface area contributed by atoms with Gasteiger partial charge in [0.05, 0.1) is 24.7 Å².